The van der Waals surface area contributed by atoms with Gasteiger partial charge in [-0.05, 0) is 24.5 Å². The minimum atomic E-state index is -0.636. The van der Waals surface area contributed by atoms with Gasteiger partial charge in [-0.1, -0.05) is 11.6 Å². The lowest BCUT2D eigenvalue weighted by Crippen LogP contribution is -2.36. The Morgan fingerprint density at radius 3 is 3.06 bits per heavy atom. The number of aromatic nitrogens is 5. The molecule has 6 heterocycles. The molecule has 4 aromatic rings. The second-order valence-corrected chi connectivity index (χ2v) is 8.64. The van der Waals surface area contributed by atoms with Gasteiger partial charge in [0.1, 0.15) is 11.5 Å². The van der Waals surface area contributed by atoms with Crippen molar-refractivity contribution >= 4 is 39.2 Å². The second kappa shape index (κ2) is 8.05. The molecule has 0 radical (unpaired) electrons. The van der Waals surface area contributed by atoms with Crippen molar-refractivity contribution in [1.82, 2.24) is 25.1 Å². The Morgan fingerprint density at radius 2 is 2.15 bits per heavy atom. The molecule has 6 bridgehead atoms. The molecule has 11 heteroatoms. The van der Waals surface area contributed by atoms with Gasteiger partial charge >= 0.3 is 5.69 Å². The molecule has 1 unspecified atom stereocenters. The average molecular weight is 471 g/mol. The maximum Gasteiger partial charge on any atom is 0.347 e. The highest BCUT2D eigenvalue weighted by atomic mass is 35.5. The van der Waals surface area contributed by atoms with Crippen LogP contribution < -0.4 is 10.6 Å². The first-order valence-corrected chi connectivity index (χ1v) is 11.2. The van der Waals surface area contributed by atoms with Gasteiger partial charge in [0.2, 0.25) is 0 Å². The minimum absolute atomic E-state index is 0.0530. The SMILES string of the molecule is O=c1nc2c3cnc(c(F)c3[nH]1)-c1c(c(Cl)cc3[nH]ncc13)CCCOC1COCCN2C1. The van der Waals surface area contributed by atoms with Crippen LogP contribution in [0.15, 0.2) is 23.3 Å². The predicted molar refractivity (Wildman–Crippen MR) is 121 cm³/mol. The van der Waals surface area contributed by atoms with Crippen molar-refractivity contribution < 1.29 is 13.9 Å². The highest BCUT2D eigenvalue weighted by molar-refractivity contribution is 6.33. The standard InChI is InChI=1S/C22H20ClFN6O3/c23-15-6-16-13(8-26-29-16)17-12(15)2-1-4-33-11-9-30(3-5-32-10-11)21-14-7-25-20(17)18(24)19(14)27-22(31)28-21/h6-8,11H,1-5,9-10H2,(H,26,29)(H,27,28,31). The zero-order chi connectivity index (χ0) is 22.5. The summed E-state index contributed by atoms with van der Waals surface area (Å²) in [6.45, 7) is 2.34. The molecule has 7 rings (SSSR count). The molecule has 33 heavy (non-hydrogen) atoms. The molecular weight excluding hydrogens is 451 g/mol. The van der Waals surface area contributed by atoms with Crippen molar-refractivity contribution in [2.24, 2.45) is 0 Å². The summed E-state index contributed by atoms with van der Waals surface area (Å²) in [6, 6.07) is 1.78. The second-order valence-electron chi connectivity index (χ2n) is 8.24. The number of aromatic amines is 2. The summed E-state index contributed by atoms with van der Waals surface area (Å²) in [4.78, 5) is 25.6. The van der Waals surface area contributed by atoms with Gasteiger partial charge < -0.3 is 19.4 Å². The zero-order valence-corrected chi connectivity index (χ0v) is 18.3. The number of H-pyrrole nitrogens is 2. The molecule has 0 aliphatic carbocycles. The van der Waals surface area contributed by atoms with Crippen LogP contribution in [0, 0.1) is 5.82 Å². The van der Waals surface area contributed by atoms with Crippen LogP contribution in [-0.2, 0) is 15.9 Å². The Bertz CT molecular complexity index is 1440. The van der Waals surface area contributed by atoms with Crippen LogP contribution >= 0.6 is 11.6 Å². The number of ether oxygens (including phenoxy) is 2. The Morgan fingerprint density at radius 1 is 1.24 bits per heavy atom. The zero-order valence-electron chi connectivity index (χ0n) is 17.5. The quantitative estimate of drug-likeness (QED) is 0.406. The van der Waals surface area contributed by atoms with E-state index >= 15 is 4.39 Å². The van der Waals surface area contributed by atoms with E-state index in [1.807, 2.05) is 4.90 Å². The predicted octanol–water partition coefficient (Wildman–Crippen LogP) is 2.82. The molecule has 1 atom stereocenters. The first-order valence-electron chi connectivity index (χ1n) is 10.8. The Kier molecular flexibility index (Phi) is 5.01. The molecule has 1 fully saturated rings. The summed E-state index contributed by atoms with van der Waals surface area (Å²) in [5.74, 6) is -0.266. The number of benzene rings is 1. The lowest BCUT2D eigenvalue weighted by atomic mass is 9.95. The molecule has 9 nitrogen and oxygen atoms in total. The lowest BCUT2D eigenvalue weighted by molar-refractivity contribution is 0.00000733. The molecule has 0 amide bonds. The van der Waals surface area contributed by atoms with E-state index < -0.39 is 11.5 Å². The molecular formula is C22H20ClFN6O3. The lowest BCUT2D eigenvalue weighted by Gasteiger charge is -2.26. The molecule has 1 saturated heterocycles. The summed E-state index contributed by atoms with van der Waals surface area (Å²) in [7, 11) is 0. The van der Waals surface area contributed by atoms with Crippen LogP contribution in [0.3, 0.4) is 0 Å². The number of halogens is 2. The Hall–Kier alpha value is -3.08. The van der Waals surface area contributed by atoms with Crippen LogP contribution in [0.25, 0.3) is 33.1 Å². The number of rotatable bonds is 0. The Balaban J connectivity index is 1.67. The van der Waals surface area contributed by atoms with Crippen molar-refractivity contribution in [3.05, 3.63) is 45.3 Å². The van der Waals surface area contributed by atoms with E-state index in [0.717, 1.165) is 5.56 Å². The highest BCUT2D eigenvalue weighted by Crippen LogP contribution is 2.39. The van der Waals surface area contributed by atoms with Crippen LogP contribution in [0.1, 0.15) is 12.0 Å². The van der Waals surface area contributed by atoms with E-state index in [2.05, 4.69) is 25.1 Å². The molecule has 3 aliphatic heterocycles. The maximum absolute atomic E-state index is 16.0. The fourth-order valence-corrected chi connectivity index (χ4v) is 4.97. The first-order chi connectivity index (χ1) is 16.1. The largest absolute Gasteiger partial charge is 0.377 e. The molecule has 3 aliphatic rings. The summed E-state index contributed by atoms with van der Waals surface area (Å²) in [5, 5.41) is 8.62. The molecule has 1 aromatic carbocycles. The molecule has 0 saturated carbocycles. The van der Waals surface area contributed by atoms with Gasteiger partial charge in [-0.2, -0.15) is 10.1 Å². The van der Waals surface area contributed by atoms with E-state index in [1.165, 1.54) is 0 Å². The van der Waals surface area contributed by atoms with Crippen LogP contribution in [0.5, 0.6) is 0 Å². The maximum atomic E-state index is 16.0. The third-order valence-electron chi connectivity index (χ3n) is 6.19. The summed E-state index contributed by atoms with van der Waals surface area (Å²) in [6.07, 6.45) is 4.21. The monoisotopic (exact) mass is 470 g/mol. The number of nitrogens with zero attached hydrogens (tertiary/aromatic N) is 4. The minimum Gasteiger partial charge on any atom is -0.377 e. The topological polar surface area (TPSA) is 109 Å². The number of hydrogen-bond donors (Lipinski definition) is 2. The number of nitrogens with one attached hydrogen (secondary N) is 2. The van der Waals surface area contributed by atoms with Gasteiger partial charge in [-0.25, -0.2) is 9.18 Å². The fraction of sp³-hybridized carbons (Fsp3) is 0.364. The summed E-state index contributed by atoms with van der Waals surface area (Å²) < 4.78 is 27.9. The van der Waals surface area contributed by atoms with Crippen molar-refractivity contribution in [3.8, 4) is 11.3 Å². The number of anilines is 1. The third kappa shape index (κ3) is 3.45. The normalized spacial score (nSPS) is 19.1. The number of pyridine rings is 1. The van der Waals surface area contributed by atoms with E-state index in [9.17, 15) is 4.79 Å². The van der Waals surface area contributed by atoms with Crippen molar-refractivity contribution in [3.63, 3.8) is 0 Å². The van der Waals surface area contributed by atoms with Crippen molar-refractivity contribution in [1.29, 1.82) is 0 Å². The Labute approximate surface area is 191 Å². The van der Waals surface area contributed by atoms with E-state index in [0.29, 0.717) is 78.4 Å². The summed E-state index contributed by atoms with van der Waals surface area (Å²) >= 11 is 6.63. The molecule has 0 spiro atoms. The van der Waals surface area contributed by atoms with E-state index in [1.54, 1.807) is 18.5 Å². The van der Waals surface area contributed by atoms with E-state index in [-0.39, 0.29) is 17.3 Å². The molecule has 3 aromatic heterocycles. The van der Waals surface area contributed by atoms with Crippen LogP contribution in [-0.4, -0.2) is 64.2 Å². The van der Waals surface area contributed by atoms with Gasteiger partial charge in [0.15, 0.2) is 5.82 Å². The first kappa shape index (κ1) is 20.5. The van der Waals surface area contributed by atoms with Crippen molar-refractivity contribution in [2.75, 3.05) is 37.8 Å². The third-order valence-corrected chi connectivity index (χ3v) is 6.53. The number of hydrogen-bond acceptors (Lipinski definition) is 7. The average Bonchev–Trinajstić information content (AvgIpc) is 3.13. The van der Waals surface area contributed by atoms with Crippen molar-refractivity contribution in [2.45, 2.75) is 18.9 Å². The van der Waals surface area contributed by atoms with Gasteiger partial charge in [0, 0.05) is 41.9 Å². The fourth-order valence-electron chi connectivity index (χ4n) is 4.67. The van der Waals surface area contributed by atoms with Gasteiger partial charge in [-0.3, -0.25) is 10.1 Å². The van der Waals surface area contributed by atoms with Gasteiger partial charge in [-0.15, -0.1) is 0 Å². The highest BCUT2D eigenvalue weighted by Gasteiger charge is 2.27. The van der Waals surface area contributed by atoms with Gasteiger partial charge in [0.05, 0.1) is 41.9 Å². The molecule has 170 valence electrons. The van der Waals surface area contributed by atoms with E-state index in [4.69, 9.17) is 21.1 Å². The van der Waals surface area contributed by atoms with Gasteiger partial charge in [0.25, 0.3) is 0 Å². The smallest absolute Gasteiger partial charge is 0.347 e. The molecule has 2 N–H and O–H groups in total. The summed E-state index contributed by atoms with van der Waals surface area (Å²) in [5.41, 5.74) is 1.51. The van der Waals surface area contributed by atoms with Crippen LogP contribution in [0.2, 0.25) is 5.02 Å². The van der Waals surface area contributed by atoms with Crippen LogP contribution in [0.4, 0.5) is 10.2 Å². The number of fused-ring (bicyclic) bond motifs is 5.